The minimum Gasteiger partial charge on any atom is -0.385 e. The van der Waals surface area contributed by atoms with Gasteiger partial charge in [-0.25, -0.2) is 0 Å². The average Bonchev–Trinajstić information content (AvgIpc) is 2.24. The van der Waals surface area contributed by atoms with Crippen LogP contribution in [0.4, 0.5) is 13.2 Å². The first kappa shape index (κ1) is 17.2. The van der Waals surface area contributed by atoms with Gasteiger partial charge in [-0.2, -0.15) is 13.2 Å². The van der Waals surface area contributed by atoms with Crippen molar-refractivity contribution < 1.29 is 22.6 Å². The number of halogens is 4. The molecule has 0 N–H and O–H groups in total. The maximum atomic E-state index is 12.4. The van der Waals surface area contributed by atoms with Crippen molar-refractivity contribution in [1.29, 1.82) is 0 Å². The Balaban J connectivity index is 4.07. The third-order valence-electron chi connectivity index (χ3n) is 2.21. The predicted molar refractivity (Wildman–Crippen MR) is 63.6 cm³/mol. The van der Waals surface area contributed by atoms with E-state index in [4.69, 9.17) is 9.47 Å². The van der Waals surface area contributed by atoms with Gasteiger partial charge in [-0.15, -0.1) is 0 Å². The van der Waals surface area contributed by atoms with Crippen LogP contribution >= 0.6 is 15.9 Å². The highest BCUT2D eigenvalue weighted by atomic mass is 79.9. The Bertz CT molecular complexity index is 193. The maximum Gasteiger partial charge on any atom is 0.402 e. The first-order valence-corrected chi connectivity index (χ1v) is 6.24. The molecule has 7 heteroatoms. The molecule has 0 radical (unpaired) electrons. The molecule has 0 spiro atoms. The Hall–Kier alpha value is 0.150. The standard InChI is InChI=1S/C10H19BrF3NO2/c1-16-6-3-4-15(5-7-17-2)8-9(11)10(12,13)14/h9H,3-8H2,1-2H3. The number of methoxy groups -OCH3 is 2. The summed E-state index contributed by atoms with van der Waals surface area (Å²) in [6.07, 6.45) is -3.51. The zero-order valence-corrected chi connectivity index (χ0v) is 11.7. The van der Waals surface area contributed by atoms with Crippen molar-refractivity contribution in [3.63, 3.8) is 0 Å². The van der Waals surface area contributed by atoms with E-state index in [9.17, 15) is 13.2 Å². The number of ether oxygens (including phenoxy) is 2. The number of alkyl halides is 4. The molecule has 1 atom stereocenters. The molecule has 0 fully saturated rings. The molecule has 0 saturated heterocycles. The van der Waals surface area contributed by atoms with Gasteiger partial charge < -0.3 is 9.47 Å². The first-order valence-electron chi connectivity index (χ1n) is 5.32. The van der Waals surface area contributed by atoms with Crippen LogP contribution in [0.5, 0.6) is 0 Å². The largest absolute Gasteiger partial charge is 0.402 e. The highest BCUT2D eigenvalue weighted by Gasteiger charge is 2.38. The van der Waals surface area contributed by atoms with Crippen LogP contribution in [0.3, 0.4) is 0 Å². The second-order valence-corrected chi connectivity index (χ2v) is 4.75. The van der Waals surface area contributed by atoms with Crippen molar-refractivity contribution in [3.05, 3.63) is 0 Å². The Kier molecular flexibility index (Phi) is 9.21. The highest BCUT2D eigenvalue weighted by molar-refractivity contribution is 9.09. The van der Waals surface area contributed by atoms with Crippen LogP contribution in [0.25, 0.3) is 0 Å². The van der Waals surface area contributed by atoms with E-state index in [0.29, 0.717) is 32.7 Å². The summed E-state index contributed by atoms with van der Waals surface area (Å²) in [6.45, 7) is 1.94. The fourth-order valence-corrected chi connectivity index (χ4v) is 1.69. The Morgan fingerprint density at radius 2 is 1.71 bits per heavy atom. The Morgan fingerprint density at radius 1 is 1.12 bits per heavy atom. The zero-order valence-electron chi connectivity index (χ0n) is 10.1. The van der Waals surface area contributed by atoms with Crippen LogP contribution in [0, 0.1) is 0 Å². The molecule has 0 aliphatic rings. The van der Waals surface area contributed by atoms with Gasteiger partial charge in [-0.1, -0.05) is 15.9 Å². The molecular weight excluding hydrogens is 303 g/mol. The molecule has 0 heterocycles. The van der Waals surface area contributed by atoms with Crippen molar-refractivity contribution >= 4 is 15.9 Å². The van der Waals surface area contributed by atoms with E-state index in [0.717, 1.165) is 0 Å². The maximum absolute atomic E-state index is 12.4. The molecule has 104 valence electrons. The smallest absolute Gasteiger partial charge is 0.385 e. The summed E-state index contributed by atoms with van der Waals surface area (Å²) in [4.78, 5) is 0.213. The van der Waals surface area contributed by atoms with Crippen molar-refractivity contribution in [2.45, 2.75) is 17.4 Å². The number of hydrogen-bond donors (Lipinski definition) is 0. The van der Waals surface area contributed by atoms with Gasteiger partial charge in [0.25, 0.3) is 0 Å². The molecule has 0 amide bonds. The van der Waals surface area contributed by atoms with Gasteiger partial charge in [0.15, 0.2) is 0 Å². The van der Waals surface area contributed by atoms with E-state index >= 15 is 0 Å². The molecule has 0 rings (SSSR count). The van der Waals surface area contributed by atoms with Crippen LogP contribution in [-0.4, -0.2) is 63.0 Å². The number of hydrogen-bond acceptors (Lipinski definition) is 3. The second-order valence-electron chi connectivity index (χ2n) is 3.65. The fourth-order valence-electron chi connectivity index (χ4n) is 1.28. The van der Waals surface area contributed by atoms with Gasteiger partial charge >= 0.3 is 6.18 Å². The normalized spacial score (nSPS) is 14.3. The minimum atomic E-state index is -4.22. The molecule has 0 aliphatic heterocycles. The van der Waals surface area contributed by atoms with Crippen LogP contribution in [0.2, 0.25) is 0 Å². The summed E-state index contributed by atoms with van der Waals surface area (Å²) in [7, 11) is 3.10. The number of rotatable bonds is 9. The minimum absolute atomic E-state index is 0.0728. The average molecular weight is 322 g/mol. The SMILES string of the molecule is COCCCN(CCOC)CC(Br)C(F)(F)F. The first-order chi connectivity index (χ1) is 7.91. The van der Waals surface area contributed by atoms with Gasteiger partial charge in [-0.05, 0) is 6.42 Å². The molecule has 1 unspecified atom stereocenters. The van der Waals surface area contributed by atoms with Crippen LogP contribution < -0.4 is 0 Å². The molecular formula is C10H19BrF3NO2. The summed E-state index contributed by atoms with van der Waals surface area (Å²) in [5, 5.41) is 0. The van der Waals surface area contributed by atoms with Gasteiger partial charge in [0, 0.05) is 40.5 Å². The monoisotopic (exact) mass is 321 g/mol. The summed E-state index contributed by atoms with van der Waals surface area (Å²) < 4.78 is 46.9. The summed E-state index contributed by atoms with van der Waals surface area (Å²) >= 11 is 2.66. The summed E-state index contributed by atoms with van der Waals surface area (Å²) in [5.74, 6) is 0. The topological polar surface area (TPSA) is 21.7 Å². The molecule has 0 aliphatic carbocycles. The van der Waals surface area contributed by atoms with E-state index in [2.05, 4.69) is 15.9 Å². The highest BCUT2D eigenvalue weighted by Crippen LogP contribution is 2.26. The quantitative estimate of drug-likeness (QED) is 0.480. The van der Waals surface area contributed by atoms with E-state index < -0.39 is 11.0 Å². The van der Waals surface area contributed by atoms with Crippen LogP contribution in [0.1, 0.15) is 6.42 Å². The van der Waals surface area contributed by atoms with Crippen molar-refractivity contribution in [1.82, 2.24) is 4.90 Å². The Labute approximate surface area is 108 Å². The van der Waals surface area contributed by atoms with Gasteiger partial charge in [0.05, 0.1) is 6.61 Å². The molecule has 3 nitrogen and oxygen atoms in total. The lowest BCUT2D eigenvalue weighted by molar-refractivity contribution is -0.130. The summed E-state index contributed by atoms with van der Waals surface area (Å²) in [6, 6.07) is 0. The lowest BCUT2D eigenvalue weighted by Crippen LogP contribution is -2.39. The molecule has 0 bridgehead atoms. The number of nitrogens with zero attached hydrogens (tertiary/aromatic N) is 1. The fraction of sp³-hybridized carbons (Fsp3) is 1.00. The molecule has 0 saturated carbocycles. The van der Waals surface area contributed by atoms with Gasteiger partial charge in [-0.3, -0.25) is 4.90 Å². The lowest BCUT2D eigenvalue weighted by atomic mass is 10.3. The van der Waals surface area contributed by atoms with Crippen LogP contribution in [-0.2, 0) is 9.47 Å². The van der Waals surface area contributed by atoms with Gasteiger partial charge in [0.1, 0.15) is 4.83 Å². The molecule has 0 aromatic heterocycles. The van der Waals surface area contributed by atoms with Crippen molar-refractivity contribution in [2.24, 2.45) is 0 Å². The van der Waals surface area contributed by atoms with E-state index in [1.165, 1.54) is 7.11 Å². The zero-order chi connectivity index (χ0) is 13.3. The lowest BCUT2D eigenvalue weighted by Gasteiger charge is -2.25. The third-order valence-corrected chi connectivity index (χ3v) is 3.02. The third kappa shape index (κ3) is 8.82. The second kappa shape index (κ2) is 9.13. The predicted octanol–water partition coefficient (Wildman–Crippen LogP) is 2.30. The van der Waals surface area contributed by atoms with Gasteiger partial charge in [0.2, 0.25) is 0 Å². The van der Waals surface area contributed by atoms with Crippen molar-refractivity contribution in [2.75, 3.05) is 47.1 Å². The van der Waals surface area contributed by atoms with Crippen molar-refractivity contribution in [3.8, 4) is 0 Å². The Morgan fingerprint density at radius 3 is 2.18 bits per heavy atom. The van der Waals surface area contributed by atoms with E-state index in [-0.39, 0.29) is 6.54 Å². The van der Waals surface area contributed by atoms with Crippen LogP contribution in [0.15, 0.2) is 0 Å². The van der Waals surface area contributed by atoms with E-state index in [1.54, 1.807) is 12.0 Å². The molecule has 0 aromatic rings. The molecule has 17 heavy (non-hydrogen) atoms. The molecule has 0 aromatic carbocycles. The summed E-state index contributed by atoms with van der Waals surface area (Å²) in [5.41, 5.74) is 0. The van der Waals surface area contributed by atoms with E-state index in [1.807, 2.05) is 0 Å².